The summed E-state index contributed by atoms with van der Waals surface area (Å²) >= 11 is 0. The number of nitrogens with zero attached hydrogens (tertiary/aromatic N) is 2. The quantitative estimate of drug-likeness (QED) is 0.534. The lowest BCUT2D eigenvalue weighted by Crippen LogP contribution is -1.94. The zero-order valence-electron chi connectivity index (χ0n) is 12.2. The van der Waals surface area contributed by atoms with Crippen molar-refractivity contribution in [2.45, 2.75) is 0 Å². The third-order valence-corrected chi connectivity index (χ3v) is 3.49. The second-order valence-corrected chi connectivity index (χ2v) is 5.05. The molecule has 0 spiro atoms. The maximum Gasteiger partial charge on any atom is 0.261 e. The van der Waals surface area contributed by atoms with E-state index in [2.05, 4.69) is 10.1 Å². The molecule has 2 aromatic heterocycles. The molecule has 4 aromatic rings. The minimum absolute atomic E-state index is 0.0160. The molecule has 0 radical (unpaired) electrons. The van der Waals surface area contributed by atoms with Gasteiger partial charge >= 0.3 is 0 Å². The summed E-state index contributed by atoms with van der Waals surface area (Å²) in [6, 6.07) is 16.2. The Morgan fingerprint density at radius 3 is 2.33 bits per heavy atom. The minimum Gasteiger partial charge on any atom is -0.433 e. The van der Waals surface area contributed by atoms with E-state index in [0.717, 1.165) is 17.7 Å². The summed E-state index contributed by atoms with van der Waals surface area (Å²) in [7, 11) is 0. The van der Waals surface area contributed by atoms with E-state index in [0.29, 0.717) is 11.1 Å². The van der Waals surface area contributed by atoms with Crippen molar-refractivity contribution < 1.29 is 18.0 Å². The number of hydrogen-bond donors (Lipinski definition) is 0. The van der Waals surface area contributed by atoms with Crippen molar-refractivity contribution in [2.24, 2.45) is 0 Å². The zero-order valence-corrected chi connectivity index (χ0v) is 12.2. The van der Waals surface area contributed by atoms with Gasteiger partial charge in [0.05, 0.1) is 5.39 Å². The van der Waals surface area contributed by atoms with E-state index >= 15 is 0 Å². The number of ether oxygens (including phenoxy) is 1. The maximum atomic E-state index is 13.6. The average molecular weight is 324 g/mol. The first-order chi connectivity index (χ1) is 11.7. The third-order valence-electron chi connectivity index (χ3n) is 3.49. The van der Waals surface area contributed by atoms with Crippen molar-refractivity contribution in [1.82, 2.24) is 10.1 Å². The van der Waals surface area contributed by atoms with Crippen LogP contribution in [-0.2, 0) is 0 Å². The lowest BCUT2D eigenvalue weighted by atomic mass is 10.1. The molecule has 0 amide bonds. The van der Waals surface area contributed by atoms with Crippen molar-refractivity contribution in [3.63, 3.8) is 0 Å². The second kappa shape index (κ2) is 5.73. The SMILES string of the molecule is Fc1cccc(F)c1Oc1ccc2c(-c3ccccc3)noc2n1. The maximum absolute atomic E-state index is 13.6. The van der Waals surface area contributed by atoms with Crippen LogP contribution in [0.2, 0.25) is 0 Å². The van der Waals surface area contributed by atoms with Gasteiger partial charge in [0.25, 0.3) is 5.71 Å². The smallest absolute Gasteiger partial charge is 0.261 e. The molecule has 4 rings (SSSR count). The van der Waals surface area contributed by atoms with E-state index < -0.39 is 17.4 Å². The van der Waals surface area contributed by atoms with Crippen LogP contribution >= 0.6 is 0 Å². The molecule has 2 aromatic carbocycles. The molecule has 0 aliphatic heterocycles. The molecule has 24 heavy (non-hydrogen) atoms. The van der Waals surface area contributed by atoms with E-state index in [9.17, 15) is 8.78 Å². The Labute approximate surface area is 135 Å². The van der Waals surface area contributed by atoms with Crippen LogP contribution in [0.25, 0.3) is 22.4 Å². The largest absolute Gasteiger partial charge is 0.433 e. The molecular weight excluding hydrogens is 314 g/mol. The number of benzene rings is 2. The Morgan fingerprint density at radius 2 is 1.58 bits per heavy atom. The van der Waals surface area contributed by atoms with Gasteiger partial charge in [-0.15, -0.1) is 0 Å². The summed E-state index contributed by atoms with van der Waals surface area (Å²) in [5, 5.41) is 4.69. The summed E-state index contributed by atoms with van der Waals surface area (Å²) in [5.41, 5.74) is 1.75. The third kappa shape index (κ3) is 2.48. The van der Waals surface area contributed by atoms with Crippen molar-refractivity contribution in [2.75, 3.05) is 0 Å². The molecule has 0 aliphatic rings. The Kier molecular flexibility index (Phi) is 3.42. The number of pyridine rings is 1. The van der Waals surface area contributed by atoms with E-state index in [1.54, 1.807) is 6.07 Å². The lowest BCUT2D eigenvalue weighted by Gasteiger charge is -2.06. The Balaban J connectivity index is 1.73. The molecular formula is C18H10F2N2O2. The summed E-state index contributed by atoms with van der Waals surface area (Å²) in [4.78, 5) is 4.11. The van der Waals surface area contributed by atoms with Gasteiger partial charge in [0.2, 0.25) is 11.6 Å². The lowest BCUT2D eigenvalue weighted by molar-refractivity contribution is 0.391. The van der Waals surface area contributed by atoms with Gasteiger partial charge in [-0.1, -0.05) is 41.6 Å². The topological polar surface area (TPSA) is 48.2 Å². The first-order valence-corrected chi connectivity index (χ1v) is 7.16. The van der Waals surface area contributed by atoms with Crippen LogP contribution in [0.15, 0.2) is 65.2 Å². The predicted molar refractivity (Wildman–Crippen MR) is 83.7 cm³/mol. The predicted octanol–water partition coefficient (Wildman–Crippen LogP) is 4.96. The summed E-state index contributed by atoms with van der Waals surface area (Å²) in [5.74, 6) is -2.10. The summed E-state index contributed by atoms with van der Waals surface area (Å²) < 4.78 is 37.7. The van der Waals surface area contributed by atoms with Gasteiger partial charge < -0.3 is 9.26 Å². The number of fused-ring (bicyclic) bond motifs is 1. The first-order valence-electron chi connectivity index (χ1n) is 7.16. The van der Waals surface area contributed by atoms with Gasteiger partial charge in [0, 0.05) is 11.6 Å². The highest BCUT2D eigenvalue weighted by Crippen LogP contribution is 2.31. The fourth-order valence-corrected chi connectivity index (χ4v) is 2.36. The highest BCUT2D eigenvalue weighted by Gasteiger charge is 2.15. The fourth-order valence-electron chi connectivity index (χ4n) is 2.36. The van der Waals surface area contributed by atoms with Crippen molar-refractivity contribution in [3.8, 4) is 22.9 Å². The highest BCUT2D eigenvalue weighted by atomic mass is 19.1. The van der Waals surface area contributed by atoms with Gasteiger partial charge in [-0.05, 0) is 18.2 Å². The normalized spacial score (nSPS) is 10.9. The first kappa shape index (κ1) is 14.3. The van der Waals surface area contributed by atoms with Crippen LogP contribution in [0, 0.1) is 11.6 Å². The molecule has 4 nitrogen and oxygen atoms in total. The van der Waals surface area contributed by atoms with Crippen LogP contribution in [0.1, 0.15) is 0 Å². The average Bonchev–Trinajstić information content (AvgIpc) is 3.02. The van der Waals surface area contributed by atoms with Gasteiger partial charge in [0.1, 0.15) is 5.69 Å². The number of rotatable bonds is 3. The molecule has 118 valence electrons. The molecule has 6 heteroatoms. The second-order valence-electron chi connectivity index (χ2n) is 5.05. The Hall–Kier alpha value is -3.28. The number of para-hydroxylation sites is 1. The van der Waals surface area contributed by atoms with Crippen LogP contribution < -0.4 is 4.74 Å². The van der Waals surface area contributed by atoms with Gasteiger partial charge in [-0.3, -0.25) is 0 Å². The van der Waals surface area contributed by atoms with E-state index in [1.165, 1.54) is 12.1 Å². The molecule has 0 N–H and O–H groups in total. The molecule has 0 fully saturated rings. The van der Waals surface area contributed by atoms with Crippen molar-refractivity contribution in [3.05, 3.63) is 72.3 Å². The summed E-state index contributed by atoms with van der Waals surface area (Å²) in [6.45, 7) is 0. The van der Waals surface area contributed by atoms with Gasteiger partial charge in [-0.25, -0.2) is 8.78 Å². The van der Waals surface area contributed by atoms with Crippen LogP contribution in [0.5, 0.6) is 11.6 Å². The Morgan fingerprint density at radius 1 is 0.833 bits per heavy atom. The molecule has 0 aliphatic carbocycles. The number of aromatic nitrogens is 2. The molecule has 0 saturated carbocycles. The number of halogens is 2. The Bertz CT molecular complexity index is 996. The minimum atomic E-state index is -0.806. The molecule has 0 atom stereocenters. The monoisotopic (exact) mass is 324 g/mol. The number of hydrogen-bond acceptors (Lipinski definition) is 4. The standard InChI is InChI=1S/C18H10F2N2O2/c19-13-7-4-8-14(20)17(13)23-15-10-9-12-16(22-24-18(12)21-15)11-5-2-1-3-6-11/h1-10H. The summed E-state index contributed by atoms with van der Waals surface area (Å²) in [6.07, 6.45) is 0. The van der Waals surface area contributed by atoms with E-state index in [4.69, 9.17) is 9.26 Å². The van der Waals surface area contributed by atoms with Crippen molar-refractivity contribution in [1.29, 1.82) is 0 Å². The van der Waals surface area contributed by atoms with E-state index in [1.807, 2.05) is 30.3 Å². The van der Waals surface area contributed by atoms with Crippen LogP contribution in [-0.4, -0.2) is 10.1 Å². The van der Waals surface area contributed by atoms with Crippen LogP contribution in [0.4, 0.5) is 8.78 Å². The van der Waals surface area contributed by atoms with E-state index in [-0.39, 0.29) is 11.6 Å². The van der Waals surface area contributed by atoms with Crippen molar-refractivity contribution >= 4 is 11.1 Å². The van der Waals surface area contributed by atoms with Gasteiger partial charge in [0.15, 0.2) is 11.6 Å². The van der Waals surface area contributed by atoms with Crippen LogP contribution in [0.3, 0.4) is 0 Å². The van der Waals surface area contributed by atoms with Gasteiger partial charge in [-0.2, -0.15) is 4.98 Å². The molecule has 0 unspecified atom stereocenters. The fraction of sp³-hybridized carbons (Fsp3) is 0. The highest BCUT2D eigenvalue weighted by molar-refractivity contribution is 5.89. The molecule has 2 heterocycles. The molecule has 0 bridgehead atoms. The molecule has 0 saturated heterocycles. The zero-order chi connectivity index (χ0) is 16.5.